The van der Waals surface area contributed by atoms with E-state index in [0.717, 1.165) is 0 Å². The summed E-state index contributed by atoms with van der Waals surface area (Å²) in [4.78, 5) is 11.8. The Labute approximate surface area is 115 Å². The van der Waals surface area contributed by atoms with E-state index in [-0.39, 0.29) is 23.6 Å². The number of sulfonamides is 1. The fourth-order valence-corrected chi connectivity index (χ4v) is 3.19. The number of hydrogen-bond acceptors (Lipinski definition) is 4. The summed E-state index contributed by atoms with van der Waals surface area (Å²) in [6.45, 7) is 6.39. The third-order valence-electron chi connectivity index (χ3n) is 3.58. The highest BCUT2D eigenvalue weighted by atomic mass is 32.2. The van der Waals surface area contributed by atoms with Crippen molar-refractivity contribution in [3.63, 3.8) is 0 Å². The predicted octanol–water partition coefficient (Wildman–Crippen LogP) is -0.1000. The van der Waals surface area contributed by atoms with E-state index < -0.39 is 16.1 Å². The molecule has 0 aromatic carbocycles. The lowest BCUT2D eigenvalue weighted by Gasteiger charge is -2.32. The monoisotopic (exact) mass is 291 g/mol. The molecule has 1 amide bonds. The lowest BCUT2D eigenvalue weighted by molar-refractivity contribution is -0.124. The van der Waals surface area contributed by atoms with Crippen molar-refractivity contribution >= 4 is 15.9 Å². The summed E-state index contributed by atoms with van der Waals surface area (Å²) in [5.74, 6) is 0.0785. The zero-order valence-electron chi connectivity index (χ0n) is 11.9. The van der Waals surface area contributed by atoms with Crippen LogP contribution >= 0.6 is 0 Å². The van der Waals surface area contributed by atoms with Crippen molar-refractivity contribution in [3.8, 4) is 0 Å². The topological polar surface area (TPSA) is 92.5 Å². The van der Waals surface area contributed by atoms with Gasteiger partial charge in [-0.15, -0.1) is 0 Å². The van der Waals surface area contributed by atoms with E-state index in [1.807, 2.05) is 13.8 Å². The third-order valence-corrected chi connectivity index (χ3v) is 5.46. The minimum Gasteiger partial charge on any atom is -0.352 e. The van der Waals surface area contributed by atoms with Gasteiger partial charge in [-0.3, -0.25) is 4.79 Å². The number of carbonyl (C=O) groups is 1. The second kappa shape index (κ2) is 6.67. The fraction of sp³-hybridized carbons (Fsp3) is 0.917. The highest BCUT2D eigenvalue weighted by Crippen LogP contribution is 2.14. The van der Waals surface area contributed by atoms with Gasteiger partial charge < -0.3 is 11.1 Å². The number of piperidine rings is 1. The molecule has 1 saturated heterocycles. The number of hydrogen-bond donors (Lipinski definition) is 2. The molecule has 0 aliphatic carbocycles. The van der Waals surface area contributed by atoms with Gasteiger partial charge in [-0.05, 0) is 25.7 Å². The zero-order valence-corrected chi connectivity index (χ0v) is 12.7. The van der Waals surface area contributed by atoms with Crippen LogP contribution in [0.3, 0.4) is 0 Å². The van der Waals surface area contributed by atoms with E-state index in [0.29, 0.717) is 25.9 Å². The largest absolute Gasteiger partial charge is 0.352 e. The Kier molecular flexibility index (Phi) is 5.76. The number of nitrogens with zero attached hydrogens (tertiary/aromatic N) is 1. The summed E-state index contributed by atoms with van der Waals surface area (Å²) >= 11 is 0. The molecule has 1 heterocycles. The molecular formula is C12H25N3O3S. The minimum absolute atomic E-state index is 0.0283. The van der Waals surface area contributed by atoms with Crippen molar-refractivity contribution in [2.45, 2.75) is 45.7 Å². The van der Waals surface area contributed by atoms with Crippen LogP contribution in [-0.4, -0.2) is 49.6 Å². The highest BCUT2D eigenvalue weighted by molar-refractivity contribution is 7.89. The Bertz CT molecular complexity index is 400. The SMILES string of the molecule is CCS(=O)(=O)N1CCC(NC(=O)C(N)C(C)C)CC1. The van der Waals surface area contributed by atoms with E-state index in [4.69, 9.17) is 5.73 Å². The van der Waals surface area contributed by atoms with Gasteiger partial charge in [0.05, 0.1) is 11.8 Å². The van der Waals surface area contributed by atoms with Crippen molar-refractivity contribution in [1.29, 1.82) is 0 Å². The van der Waals surface area contributed by atoms with Crippen LogP contribution in [0.5, 0.6) is 0 Å². The molecule has 0 aromatic heterocycles. The Hall–Kier alpha value is -0.660. The Morgan fingerprint density at radius 3 is 2.32 bits per heavy atom. The molecule has 0 aromatic rings. The lowest BCUT2D eigenvalue weighted by Crippen LogP contribution is -2.51. The van der Waals surface area contributed by atoms with Gasteiger partial charge in [-0.1, -0.05) is 13.8 Å². The van der Waals surface area contributed by atoms with E-state index in [2.05, 4.69) is 5.32 Å². The normalized spacial score (nSPS) is 20.5. The summed E-state index contributed by atoms with van der Waals surface area (Å²) in [5, 5.41) is 2.90. The first-order valence-electron chi connectivity index (χ1n) is 6.81. The van der Waals surface area contributed by atoms with Crippen molar-refractivity contribution < 1.29 is 13.2 Å². The Balaban J connectivity index is 2.45. The first-order valence-corrected chi connectivity index (χ1v) is 8.42. The van der Waals surface area contributed by atoms with Crippen LogP contribution in [0.25, 0.3) is 0 Å². The fourth-order valence-electron chi connectivity index (χ4n) is 2.06. The Morgan fingerprint density at radius 1 is 1.37 bits per heavy atom. The van der Waals surface area contributed by atoms with Crippen molar-refractivity contribution in [2.75, 3.05) is 18.8 Å². The van der Waals surface area contributed by atoms with Gasteiger partial charge >= 0.3 is 0 Å². The first-order chi connectivity index (χ1) is 8.77. The van der Waals surface area contributed by atoms with E-state index >= 15 is 0 Å². The second-order valence-corrected chi connectivity index (χ2v) is 7.61. The van der Waals surface area contributed by atoms with Gasteiger partial charge in [0, 0.05) is 19.1 Å². The molecule has 3 N–H and O–H groups in total. The van der Waals surface area contributed by atoms with Crippen LogP contribution in [0.2, 0.25) is 0 Å². The van der Waals surface area contributed by atoms with Gasteiger partial charge in [0.15, 0.2) is 0 Å². The van der Waals surface area contributed by atoms with Gasteiger partial charge in [0.25, 0.3) is 0 Å². The smallest absolute Gasteiger partial charge is 0.237 e. The number of amides is 1. The molecule has 1 rings (SSSR count). The van der Waals surface area contributed by atoms with E-state index in [9.17, 15) is 13.2 Å². The number of rotatable bonds is 5. The van der Waals surface area contributed by atoms with Crippen LogP contribution in [0.1, 0.15) is 33.6 Å². The summed E-state index contributed by atoms with van der Waals surface area (Å²) in [6, 6.07) is -0.474. The number of nitrogens with one attached hydrogen (secondary N) is 1. The van der Waals surface area contributed by atoms with Crippen LogP contribution < -0.4 is 11.1 Å². The maximum absolute atomic E-state index is 11.8. The van der Waals surface area contributed by atoms with Crippen LogP contribution in [0.4, 0.5) is 0 Å². The molecule has 0 radical (unpaired) electrons. The standard InChI is InChI=1S/C12H25N3O3S/c1-4-19(17,18)15-7-5-10(6-8-15)14-12(16)11(13)9(2)3/h9-11H,4-8,13H2,1-3H3,(H,14,16). The van der Waals surface area contributed by atoms with Gasteiger partial charge in [0.1, 0.15) is 0 Å². The average Bonchev–Trinajstić information content (AvgIpc) is 2.38. The summed E-state index contributed by atoms with van der Waals surface area (Å²) in [6.07, 6.45) is 1.30. The minimum atomic E-state index is -3.11. The first kappa shape index (κ1) is 16.4. The molecule has 1 aliphatic rings. The molecular weight excluding hydrogens is 266 g/mol. The molecule has 1 aliphatic heterocycles. The second-order valence-electron chi connectivity index (χ2n) is 5.35. The number of nitrogens with two attached hydrogens (primary N) is 1. The highest BCUT2D eigenvalue weighted by Gasteiger charge is 2.28. The van der Waals surface area contributed by atoms with E-state index in [1.165, 1.54) is 4.31 Å². The Morgan fingerprint density at radius 2 is 1.89 bits per heavy atom. The van der Waals surface area contributed by atoms with Crippen LogP contribution in [0.15, 0.2) is 0 Å². The van der Waals surface area contributed by atoms with Gasteiger partial charge in [-0.25, -0.2) is 12.7 Å². The molecule has 1 atom stereocenters. The zero-order chi connectivity index (χ0) is 14.6. The molecule has 19 heavy (non-hydrogen) atoms. The molecule has 112 valence electrons. The van der Waals surface area contributed by atoms with Crippen molar-refractivity contribution in [2.24, 2.45) is 11.7 Å². The summed E-state index contributed by atoms with van der Waals surface area (Å²) in [5.41, 5.74) is 5.78. The predicted molar refractivity (Wildman–Crippen MR) is 75.0 cm³/mol. The maximum Gasteiger partial charge on any atom is 0.237 e. The number of carbonyl (C=O) groups excluding carboxylic acids is 1. The molecule has 1 fully saturated rings. The van der Waals surface area contributed by atoms with Crippen molar-refractivity contribution in [3.05, 3.63) is 0 Å². The summed E-state index contributed by atoms with van der Waals surface area (Å²) in [7, 11) is -3.11. The molecule has 7 heteroatoms. The van der Waals surface area contributed by atoms with Crippen LogP contribution in [0, 0.1) is 5.92 Å². The molecule has 0 spiro atoms. The molecule has 0 saturated carbocycles. The molecule has 1 unspecified atom stereocenters. The van der Waals surface area contributed by atoms with Gasteiger partial charge in [-0.2, -0.15) is 0 Å². The van der Waals surface area contributed by atoms with Gasteiger partial charge in [0.2, 0.25) is 15.9 Å². The maximum atomic E-state index is 11.8. The summed E-state index contributed by atoms with van der Waals surface area (Å²) < 4.78 is 24.9. The van der Waals surface area contributed by atoms with E-state index in [1.54, 1.807) is 6.92 Å². The van der Waals surface area contributed by atoms with Crippen molar-refractivity contribution in [1.82, 2.24) is 9.62 Å². The third kappa shape index (κ3) is 4.43. The quantitative estimate of drug-likeness (QED) is 0.740. The lowest BCUT2D eigenvalue weighted by atomic mass is 10.0. The average molecular weight is 291 g/mol. The van der Waals surface area contributed by atoms with Crippen LogP contribution in [-0.2, 0) is 14.8 Å². The molecule has 0 bridgehead atoms. The molecule has 6 nitrogen and oxygen atoms in total.